The molecule has 94 valence electrons. The molecule has 1 unspecified atom stereocenters. The Morgan fingerprint density at radius 1 is 1.47 bits per heavy atom. The largest absolute Gasteiger partial charge is 0.381 e. The number of nitrogens with zero attached hydrogens (tertiary/aromatic N) is 1. The number of nitro benzene ring substituents is 1. The molecule has 1 atom stereocenters. The lowest BCUT2D eigenvalue weighted by Crippen LogP contribution is -2.18. The van der Waals surface area contributed by atoms with Gasteiger partial charge in [-0.2, -0.15) is 0 Å². The van der Waals surface area contributed by atoms with Crippen molar-refractivity contribution in [2.45, 2.75) is 39.2 Å². The van der Waals surface area contributed by atoms with Gasteiger partial charge in [-0.3, -0.25) is 10.1 Å². The summed E-state index contributed by atoms with van der Waals surface area (Å²) in [7, 11) is 0. The van der Waals surface area contributed by atoms with E-state index in [0.717, 1.165) is 19.3 Å². The standard InChI is InChI=1S/C12H17ClN2O2/c1-3-5-9(4-2)14-12-8-10(15(16)17)6-7-11(12)13/h6-9,14H,3-5H2,1-2H3. The average Bonchev–Trinajstić information content (AvgIpc) is 2.30. The van der Waals surface area contributed by atoms with Crippen LogP contribution >= 0.6 is 11.6 Å². The quantitative estimate of drug-likeness (QED) is 0.612. The number of halogens is 1. The van der Waals surface area contributed by atoms with Crippen LogP contribution in [-0.4, -0.2) is 11.0 Å². The van der Waals surface area contributed by atoms with Crippen LogP contribution in [0.15, 0.2) is 18.2 Å². The van der Waals surface area contributed by atoms with E-state index in [0.29, 0.717) is 16.8 Å². The molecule has 1 aromatic carbocycles. The Hall–Kier alpha value is -1.29. The molecule has 17 heavy (non-hydrogen) atoms. The lowest BCUT2D eigenvalue weighted by molar-refractivity contribution is -0.384. The van der Waals surface area contributed by atoms with E-state index in [1.54, 1.807) is 6.07 Å². The van der Waals surface area contributed by atoms with Crippen LogP contribution in [0.1, 0.15) is 33.1 Å². The highest BCUT2D eigenvalue weighted by molar-refractivity contribution is 6.33. The monoisotopic (exact) mass is 256 g/mol. The van der Waals surface area contributed by atoms with Gasteiger partial charge < -0.3 is 5.32 Å². The molecule has 0 aliphatic heterocycles. The van der Waals surface area contributed by atoms with E-state index in [1.165, 1.54) is 12.1 Å². The van der Waals surface area contributed by atoms with Gasteiger partial charge in [-0.05, 0) is 18.9 Å². The molecule has 4 nitrogen and oxygen atoms in total. The summed E-state index contributed by atoms with van der Waals surface area (Å²) in [6.45, 7) is 4.19. The zero-order chi connectivity index (χ0) is 12.8. The highest BCUT2D eigenvalue weighted by Crippen LogP contribution is 2.28. The molecule has 0 amide bonds. The van der Waals surface area contributed by atoms with Crippen LogP contribution in [0, 0.1) is 10.1 Å². The number of non-ortho nitro benzene ring substituents is 1. The first-order valence-electron chi connectivity index (χ1n) is 5.79. The summed E-state index contributed by atoms with van der Waals surface area (Å²) in [5.41, 5.74) is 0.699. The van der Waals surface area contributed by atoms with Crippen molar-refractivity contribution in [2.75, 3.05) is 5.32 Å². The number of hydrogen-bond donors (Lipinski definition) is 1. The summed E-state index contributed by atoms with van der Waals surface area (Å²) in [6, 6.07) is 4.76. The Bertz CT molecular complexity index is 396. The van der Waals surface area contributed by atoms with E-state index in [9.17, 15) is 10.1 Å². The zero-order valence-corrected chi connectivity index (χ0v) is 10.8. The van der Waals surface area contributed by atoms with Crippen LogP contribution in [0.5, 0.6) is 0 Å². The highest BCUT2D eigenvalue weighted by atomic mass is 35.5. The molecule has 0 aliphatic rings. The van der Waals surface area contributed by atoms with Crippen LogP contribution in [0.25, 0.3) is 0 Å². The van der Waals surface area contributed by atoms with Gasteiger partial charge in [0.2, 0.25) is 0 Å². The van der Waals surface area contributed by atoms with Gasteiger partial charge in [0.05, 0.1) is 15.6 Å². The Morgan fingerprint density at radius 2 is 2.18 bits per heavy atom. The predicted octanol–water partition coefficient (Wildman–Crippen LogP) is 4.24. The molecular formula is C12H17ClN2O2. The van der Waals surface area contributed by atoms with Gasteiger partial charge >= 0.3 is 0 Å². The van der Waals surface area contributed by atoms with Crippen molar-refractivity contribution in [1.82, 2.24) is 0 Å². The Balaban J connectivity index is 2.88. The normalized spacial score (nSPS) is 12.2. The van der Waals surface area contributed by atoms with Crippen LogP contribution in [-0.2, 0) is 0 Å². The van der Waals surface area contributed by atoms with Gasteiger partial charge in [-0.25, -0.2) is 0 Å². The van der Waals surface area contributed by atoms with Gasteiger partial charge in [0.1, 0.15) is 0 Å². The Labute approximate surface area is 106 Å². The Morgan fingerprint density at radius 3 is 2.71 bits per heavy atom. The SMILES string of the molecule is CCCC(CC)Nc1cc([N+](=O)[O-])ccc1Cl. The minimum atomic E-state index is -0.414. The summed E-state index contributed by atoms with van der Waals surface area (Å²) >= 11 is 6.02. The molecule has 0 aromatic heterocycles. The summed E-state index contributed by atoms with van der Waals surface area (Å²) in [6.07, 6.45) is 3.06. The molecule has 0 spiro atoms. The van der Waals surface area contributed by atoms with Gasteiger partial charge in [0.25, 0.3) is 5.69 Å². The lowest BCUT2D eigenvalue weighted by atomic mass is 10.1. The van der Waals surface area contributed by atoms with Gasteiger partial charge in [-0.15, -0.1) is 0 Å². The molecule has 0 saturated carbocycles. The molecule has 0 bridgehead atoms. The third-order valence-electron chi connectivity index (χ3n) is 2.65. The van der Waals surface area contributed by atoms with E-state index in [2.05, 4.69) is 19.2 Å². The molecule has 0 heterocycles. The van der Waals surface area contributed by atoms with Crippen molar-refractivity contribution < 1.29 is 4.92 Å². The predicted molar refractivity (Wildman–Crippen MR) is 70.7 cm³/mol. The van der Waals surface area contributed by atoms with Crippen LogP contribution in [0.4, 0.5) is 11.4 Å². The van der Waals surface area contributed by atoms with Crippen LogP contribution in [0.3, 0.4) is 0 Å². The first kappa shape index (κ1) is 13.8. The molecule has 1 rings (SSSR count). The first-order valence-corrected chi connectivity index (χ1v) is 6.16. The highest BCUT2D eigenvalue weighted by Gasteiger charge is 2.12. The van der Waals surface area contributed by atoms with E-state index in [-0.39, 0.29) is 5.69 Å². The number of rotatable bonds is 6. The van der Waals surface area contributed by atoms with Crippen molar-refractivity contribution in [1.29, 1.82) is 0 Å². The maximum atomic E-state index is 10.7. The second-order valence-corrected chi connectivity index (χ2v) is 4.37. The summed E-state index contributed by atoms with van der Waals surface area (Å²) < 4.78 is 0. The molecule has 1 N–H and O–H groups in total. The second kappa shape index (κ2) is 6.45. The number of nitro groups is 1. The van der Waals surface area contributed by atoms with E-state index >= 15 is 0 Å². The number of anilines is 1. The molecule has 0 saturated heterocycles. The fourth-order valence-electron chi connectivity index (χ4n) is 1.68. The van der Waals surface area contributed by atoms with Crippen molar-refractivity contribution in [3.8, 4) is 0 Å². The van der Waals surface area contributed by atoms with E-state index in [1.807, 2.05) is 0 Å². The number of hydrogen-bond acceptors (Lipinski definition) is 3. The summed E-state index contributed by atoms with van der Waals surface area (Å²) in [5, 5.41) is 14.5. The maximum Gasteiger partial charge on any atom is 0.271 e. The summed E-state index contributed by atoms with van der Waals surface area (Å²) in [4.78, 5) is 10.3. The average molecular weight is 257 g/mol. The molecule has 0 aliphatic carbocycles. The topological polar surface area (TPSA) is 55.2 Å². The molecule has 0 fully saturated rings. The molecule has 5 heteroatoms. The van der Waals surface area contributed by atoms with Gasteiger partial charge in [-0.1, -0.05) is 31.9 Å². The van der Waals surface area contributed by atoms with Crippen molar-refractivity contribution >= 4 is 23.0 Å². The smallest absolute Gasteiger partial charge is 0.271 e. The minimum absolute atomic E-state index is 0.0586. The number of nitrogens with one attached hydrogen (secondary N) is 1. The van der Waals surface area contributed by atoms with Crippen molar-refractivity contribution in [2.24, 2.45) is 0 Å². The van der Waals surface area contributed by atoms with Gasteiger partial charge in [0, 0.05) is 18.2 Å². The third kappa shape index (κ3) is 3.89. The minimum Gasteiger partial charge on any atom is -0.381 e. The summed E-state index contributed by atoms with van der Waals surface area (Å²) in [5.74, 6) is 0. The van der Waals surface area contributed by atoms with Gasteiger partial charge in [0.15, 0.2) is 0 Å². The van der Waals surface area contributed by atoms with Crippen molar-refractivity contribution in [3.05, 3.63) is 33.3 Å². The fraction of sp³-hybridized carbons (Fsp3) is 0.500. The molecule has 0 radical (unpaired) electrons. The van der Waals surface area contributed by atoms with Crippen LogP contribution in [0.2, 0.25) is 5.02 Å². The van der Waals surface area contributed by atoms with E-state index in [4.69, 9.17) is 11.6 Å². The lowest BCUT2D eigenvalue weighted by Gasteiger charge is -2.18. The maximum absolute atomic E-state index is 10.7. The molecular weight excluding hydrogens is 240 g/mol. The van der Waals surface area contributed by atoms with Crippen LogP contribution < -0.4 is 5.32 Å². The third-order valence-corrected chi connectivity index (χ3v) is 2.98. The van der Waals surface area contributed by atoms with Crippen molar-refractivity contribution in [3.63, 3.8) is 0 Å². The second-order valence-electron chi connectivity index (χ2n) is 3.96. The fourth-order valence-corrected chi connectivity index (χ4v) is 1.86. The molecule has 1 aromatic rings. The number of benzene rings is 1. The first-order chi connectivity index (χ1) is 8.08. The van der Waals surface area contributed by atoms with E-state index < -0.39 is 4.92 Å². The Kier molecular flexibility index (Phi) is 5.22. The zero-order valence-electron chi connectivity index (χ0n) is 10.1.